The van der Waals surface area contributed by atoms with Gasteiger partial charge in [-0.3, -0.25) is 9.59 Å². The molecule has 0 spiro atoms. The van der Waals surface area contributed by atoms with Crippen molar-refractivity contribution in [3.63, 3.8) is 0 Å². The van der Waals surface area contributed by atoms with Gasteiger partial charge in [-0.15, -0.1) is 12.4 Å². The Morgan fingerprint density at radius 1 is 1.47 bits per heavy atom. The maximum atomic E-state index is 11.4. The van der Waals surface area contributed by atoms with Crippen LogP contribution in [0.5, 0.6) is 0 Å². The molecule has 0 aromatic rings. The van der Waals surface area contributed by atoms with Crippen LogP contribution in [0, 0.1) is 0 Å². The van der Waals surface area contributed by atoms with E-state index in [-0.39, 0.29) is 36.3 Å². The molecule has 2 saturated heterocycles. The van der Waals surface area contributed by atoms with Crippen LogP contribution >= 0.6 is 12.4 Å². The lowest BCUT2D eigenvalue weighted by molar-refractivity contribution is -0.125. The molecule has 3 N–H and O–H groups in total. The van der Waals surface area contributed by atoms with Gasteiger partial charge in [0.1, 0.15) is 0 Å². The number of rotatable bonds is 3. The Balaban J connectivity index is 0.00000112. The third kappa shape index (κ3) is 3.07. The molecule has 2 aliphatic rings. The molecule has 6 heteroatoms. The second-order valence-corrected chi connectivity index (χ2v) is 3.84. The van der Waals surface area contributed by atoms with E-state index in [4.69, 9.17) is 0 Å². The van der Waals surface area contributed by atoms with E-state index in [1.807, 2.05) is 0 Å². The van der Waals surface area contributed by atoms with Crippen molar-refractivity contribution in [3.8, 4) is 0 Å². The monoisotopic (exact) mass is 233 g/mol. The molecule has 15 heavy (non-hydrogen) atoms. The van der Waals surface area contributed by atoms with Crippen molar-refractivity contribution in [3.05, 3.63) is 0 Å². The Labute approximate surface area is 94.8 Å². The Hall–Kier alpha value is -0.810. The van der Waals surface area contributed by atoms with Crippen LogP contribution < -0.4 is 16.0 Å². The molecule has 2 heterocycles. The first-order chi connectivity index (χ1) is 6.75. The fourth-order valence-corrected chi connectivity index (χ4v) is 1.69. The molecule has 2 aliphatic heterocycles. The summed E-state index contributed by atoms with van der Waals surface area (Å²) in [6.07, 6.45) is 2.34. The van der Waals surface area contributed by atoms with Gasteiger partial charge < -0.3 is 16.0 Å². The van der Waals surface area contributed by atoms with Crippen molar-refractivity contribution in [2.45, 2.75) is 31.3 Å². The van der Waals surface area contributed by atoms with Crippen LogP contribution in [-0.4, -0.2) is 37.0 Å². The van der Waals surface area contributed by atoms with Crippen LogP contribution in [0.15, 0.2) is 0 Å². The Bertz CT molecular complexity index is 256. The number of amides is 2. The average Bonchev–Trinajstić information content (AvgIpc) is 2.45. The molecule has 0 saturated carbocycles. The molecule has 2 atom stereocenters. The first-order valence-electron chi connectivity index (χ1n) is 5.06. The highest BCUT2D eigenvalue weighted by molar-refractivity contribution is 5.85. The topological polar surface area (TPSA) is 70.2 Å². The molecule has 2 fully saturated rings. The molecule has 1 unspecified atom stereocenters. The van der Waals surface area contributed by atoms with Gasteiger partial charge in [-0.2, -0.15) is 0 Å². The van der Waals surface area contributed by atoms with Crippen LogP contribution in [0.1, 0.15) is 19.3 Å². The third-order valence-electron chi connectivity index (χ3n) is 2.75. The molecule has 0 aromatic heterocycles. The van der Waals surface area contributed by atoms with Gasteiger partial charge in [0, 0.05) is 19.0 Å². The molecule has 86 valence electrons. The molecule has 0 radical (unpaired) electrons. The Morgan fingerprint density at radius 2 is 2.20 bits per heavy atom. The minimum atomic E-state index is -0.00731. The Morgan fingerprint density at radius 3 is 2.67 bits per heavy atom. The lowest BCUT2D eigenvalue weighted by Crippen LogP contribution is -2.54. The maximum Gasteiger partial charge on any atom is 0.237 e. The smallest absolute Gasteiger partial charge is 0.237 e. The van der Waals surface area contributed by atoms with E-state index in [0.717, 1.165) is 19.4 Å². The predicted molar refractivity (Wildman–Crippen MR) is 57.8 cm³/mol. The van der Waals surface area contributed by atoms with Crippen LogP contribution in [0.25, 0.3) is 0 Å². The average molecular weight is 234 g/mol. The fourth-order valence-electron chi connectivity index (χ4n) is 1.69. The van der Waals surface area contributed by atoms with E-state index < -0.39 is 0 Å². The first-order valence-corrected chi connectivity index (χ1v) is 5.06. The van der Waals surface area contributed by atoms with E-state index in [1.54, 1.807) is 0 Å². The summed E-state index contributed by atoms with van der Waals surface area (Å²) in [6, 6.07) is 0.124. The lowest BCUT2D eigenvalue weighted by Gasteiger charge is -2.26. The van der Waals surface area contributed by atoms with E-state index in [0.29, 0.717) is 13.0 Å². The molecule has 0 aliphatic carbocycles. The minimum absolute atomic E-state index is 0. The summed E-state index contributed by atoms with van der Waals surface area (Å²) in [5, 5.41) is 8.67. The number of hydrogen-bond acceptors (Lipinski definition) is 3. The van der Waals surface area contributed by atoms with Crippen molar-refractivity contribution in [2.24, 2.45) is 0 Å². The molecule has 2 amide bonds. The van der Waals surface area contributed by atoms with Crippen LogP contribution in [0.4, 0.5) is 0 Å². The summed E-state index contributed by atoms with van der Waals surface area (Å²) in [5.41, 5.74) is 0. The maximum absolute atomic E-state index is 11.4. The van der Waals surface area contributed by atoms with Gasteiger partial charge in [0.15, 0.2) is 0 Å². The fraction of sp³-hybridized carbons (Fsp3) is 0.778. The zero-order valence-corrected chi connectivity index (χ0v) is 9.23. The first kappa shape index (κ1) is 12.3. The second-order valence-electron chi connectivity index (χ2n) is 3.84. The summed E-state index contributed by atoms with van der Waals surface area (Å²) < 4.78 is 0. The summed E-state index contributed by atoms with van der Waals surface area (Å²) in [6.45, 7) is 1.49. The molecule has 0 bridgehead atoms. The van der Waals surface area contributed by atoms with Gasteiger partial charge in [-0.1, -0.05) is 0 Å². The number of nitrogens with one attached hydrogen (secondary N) is 3. The summed E-state index contributed by atoms with van der Waals surface area (Å²) in [7, 11) is 0. The van der Waals surface area contributed by atoms with Gasteiger partial charge in [0.25, 0.3) is 0 Å². The van der Waals surface area contributed by atoms with Crippen molar-refractivity contribution in [1.82, 2.24) is 16.0 Å². The van der Waals surface area contributed by atoms with E-state index >= 15 is 0 Å². The zero-order valence-electron chi connectivity index (χ0n) is 8.41. The predicted octanol–water partition coefficient (Wildman–Crippen LogP) is -0.835. The van der Waals surface area contributed by atoms with Gasteiger partial charge in [-0.25, -0.2) is 0 Å². The minimum Gasteiger partial charge on any atom is -0.353 e. The number of carbonyl (C=O) groups excluding carboxylic acids is 2. The van der Waals surface area contributed by atoms with E-state index in [1.165, 1.54) is 0 Å². The SMILES string of the molecule is Cl.O=C1CCC(CNC(=O)[C@H]2CCN2)N1. The lowest BCUT2D eigenvalue weighted by atomic mass is 10.1. The highest BCUT2D eigenvalue weighted by atomic mass is 35.5. The quantitative estimate of drug-likeness (QED) is 0.596. The molecular weight excluding hydrogens is 218 g/mol. The number of halogens is 1. The summed E-state index contributed by atoms with van der Waals surface area (Å²) in [4.78, 5) is 22.2. The largest absolute Gasteiger partial charge is 0.353 e. The van der Waals surface area contributed by atoms with Gasteiger partial charge in [-0.05, 0) is 19.4 Å². The highest BCUT2D eigenvalue weighted by Crippen LogP contribution is 2.06. The Kier molecular flexibility index (Phi) is 4.35. The van der Waals surface area contributed by atoms with Crippen LogP contribution in [0.3, 0.4) is 0 Å². The van der Waals surface area contributed by atoms with Crippen molar-refractivity contribution in [2.75, 3.05) is 13.1 Å². The highest BCUT2D eigenvalue weighted by Gasteiger charge is 2.26. The summed E-state index contributed by atoms with van der Waals surface area (Å²) in [5.74, 6) is 0.142. The van der Waals surface area contributed by atoms with Crippen molar-refractivity contribution in [1.29, 1.82) is 0 Å². The van der Waals surface area contributed by atoms with Crippen LogP contribution in [-0.2, 0) is 9.59 Å². The molecule has 2 rings (SSSR count). The zero-order chi connectivity index (χ0) is 9.97. The second kappa shape index (κ2) is 5.32. The van der Waals surface area contributed by atoms with Gasteiger partial charge >= 0.3 is 0 Å². The molecule has 0 aromatic carbocycles. The van der Waals surface area contributed by atoms with Gasteiger partial charge in [0.2, 0.25) is 11.8 Å². The van der Waals surface area contributed by atoms with Gasteiger partial charge in [0.05, 0.1) is 6.04 Å². The van der Waals surface area contributed by atoms with Crippen molar-refractivity contribution < 1.29 is 9.59 Å². The van der Waals surface area contributed by atoms with E-state index in [9.17, 15) is 9.59 Å². The van der Waals surface area contributed by atoms with Crippen molar-refractivity contribution >= 4 is 24.2 Å². The standard InChI is InChI=1S/C9H15N3O2.ClH/c13-8-2-1-6(12-8)5-11-9(14)7-3-4-10-7;/h6-7,10H,1-5H2,(H,11,14)(H,12,13);1H/t6?,7-;/m1./s1. The number of carbonyl (C=O) groups is 2. The van der Waals surface area contributed by atoms with E-state index in [2.05, 4.69) is 16.0 Å². The molecular formula is C9H16ClN3O2. The molecule has 5 nitrogen and oxygen atoms in total. The third-order valence-corrected chi connectivity index (χ3v) is 2.75. The van der Waals surface area contributed by atoms with Crippen LogP contribution in [0.2, 0.25) is 0 Å². The normalized spacial score (nSPS) is 28.7. The number of hydrogen-bond donors (Lipinski definition) is 3. The summed E-state index contributed by atoms with van der Waals surface area (Å²) >= 11 is 0.